The Bertz CT molecular complexity index is 1100. The van der Waals surface area contributed by atoms with Crippen LogP contribution in [0.15, 0.2) is 41.3 Å². The van der Waals surface area contributed by atoms with Gasteiger partial charge in [-0.25, -0.2) is 19.0 Å². The average molecular weight is 376 g/mol. The van der Waals surface area contributed by atoms with Crippen LogP contribution in [0, 0.1) is 11.3 Å². The van der Waals surface area contributed by atoms with E-state index in [1.807, 2.05) is 41.3 Å². The SMILES string of the molecule is Cn1nc([C@H]2CCCN(c3ncc(C#N)c(N)n3)C2)n(-c2ccccc2)c1=O. The van der Waals surface area contributed by atoms with Gasteiger partial charge < -0.3 is 10.6 Å². The topological polar surface area (TPSA) is 119 Å². The quantitative estimate of drug-likeness (QED) is 0.729. The van der Waals surface area contributed by atoms with Gasteiger partial charge in [-0.05, 0) is 25.0 Å². The number of rotatable bonds is 3. The van der Waals surface area contributed by atoms with Crippen LogP contribution < -0.4 is 16.3 Å². The summed E-state index contributed by atoms with van der Waals surface area (Å²) in [6.07, 6.45) is 3.26. The number of piperidine rings is 1. The molecule has 2 aromatic heterocycles. The number of nitrogen functional groups attached to an aromatic ring is 1. The minimum atomic E-state index is -0.169. The number of anilines is 2. The van der Waals surface area contributed by atoms with Crippen LogP contribution in [0.1, 0.15) is 30.1 Å². The number of benzene rings is 1. The number of aromatic nitrogens is 5. The zero-order valence-corrected chi connectivity index (χ0v) is 15.5. The van der Waals surface area contributed by atoms with Gasteiger partial charge in [-0.15, -0.1) is 0 Å². The number of hydrogen-bond acceptors (Lipinski definition) is 7. The number of aryl methyl sites for hydroxylation is 1. The lowest BCUT2D eigenvalue weighted by Gasteiger charge is -2.32. The van der Waals surface area contributed by atoms with Gasteiger partial charge in [0, 0.05) is 26.1 Å². The van der Waals surface area contributed by atoms with Crippen molar-refractivity contribution in [2.45, 2.75) is 18.8 Å². The van der Waals surface area contributed by atoms with Crippen molar-refractivity contribution in [2.75, 3.05) is 23.7 Å². The van der Waals surface area contributed by atoms with E-state index in [0.717, 1.165) is 30.9 Å². The molecule has 0 saturated carbocycles. The molecule has 1 atom stereocenters. The van der Waals surface area contributed by atoms with Crippen LogP contribution in [0.25, 0.3) is 5.69 Å². The van der Waals surface area contributed by atoms with E-state index in [9.17, 15) is 4.79 Å². The summed E-state index contributed by atoms with van der Waals surface area (Å²) in [6, 6.07) is 11.5. The molecule has 9 heteroatoms. The van der Waals surface area contributed by atoms with Crippen LogP contribution in [0.3, 0.4) is 0 Å². The Hall–Kier alpha value is -3.67. The fraction of sp³-hybridized carbons (Fsp3) is 0.316. The molecule has 3 aromatic rings. The van der Waals surface area contributed by atoms with E-state index in [-0.39, 0.29) is 23.0 Å². The first-order valence-corrected chi connectivity index (χ1v) is 9.07. The summed E-state index contributed by atoms with van der Waals surface area (Å²) in [4.78, 5) is 23.3. The smallest absolute Gasteiger partial charge is 0.350 e. The Morgan fingerprint density at radius 2 is 2.07 bits per heavy atom. The van der Waals surface area contributed by atoms with Crippen molar-refractivity contribution < 1.29 is 0 Å². The van der Waals surface area contributed by atoms with Crippen molar-refractivity contribution in [3.05, 3.63) is 58.4 Å². The Morgan fingerprint density at radius 1 is 1.29 bits per heavy atom. The maximum absolute atomic E-state index is 12.7. The molecule has 4 rings (SSSR count). The predicted molar refractivity (Wildman–Crippen MR) is 104 cm³/mol. The molecule has 0 radical (unpaired) electrons. The van der Waals surface area contributed by atoms with Crippen molar-refractivity contribution in [1.29, 1.82) is 5.26 Å². The van der Waals surface area contributed by atoms with Gasteiger partial charge >= 0.3 is 5.69 Å². The molecule has 9 nitrogen and oxygen atoms in total. The lowest BCUT2D eigenvalue weighted by Crippen LogP contribution is -2.37. The van der Waals surface area contributed by atoms with Crippen molar-refractivity contribution >= 4 is 11.8 Å². The molecule has 2 N–H and O–H groups in total. The number of hydrogen-bond donors (Lipinski definition) is 1. The van der Waals surface area contributed by atoms with E-state index >= 15 is 0 Å². The highest BCUT2D eigenvalue weighted by molar-refractivity contribution is 5.50. The minimum absolute atomic E-state index is 0.0447. The average Bonchev–Trinajstić information content (AvgIpc) is 3.03. The van der Waals surface area contributed by atoms with Gasteiger partial charge in [0.05, 0.1) is 11.9 Å². The maximum atomic E-state index is 12.7. The Kier molecular flexibility index (Phi) is 4.53. The van der Waals surface area contributed by atoms with Crippen molar-refractivity contribution in [1.82, 2.24) is 24.3 Å². The number of nitrogens with two attached hydrogens (primary N) is 1. The summed E-state index contributed by atoms with van der Waals surface area (Å²) in [7, 11) is 1.66. The maximum Gasteiger partial charge on any atom is 0.350 e. The third-order valence-corrected chi connectivity index (χ3v) is 4.96. The Balaban J connectivity index is 1.68. The van der Waals surface area contributed by atoms with Gasteiger partial charge in [0.15, 0.2) is 0 Å². The van der Waals surface area contributed by atoms with E-state index in [0.29, 0.717) is 12.5 Å². The van der Waals surface area contributed by atoms with Gasteiger partial charge in [0.25, 0.3) is 0 Å². The summed E-state index contributed by atoms with van der Waals surface area (Å²) in [5.74, 6) is 1.44. The van der Waals surface area contributed by atoms with Gasteiger partial charge in [0.1, 0.15) is 23.3 Å². The normalized spacial score (nSPS) is 16.7. The lowest BCUT2D eigenvalue weighted by atomic mass is 9.97. The van der Waals surface area contributed by atoms with Crippen molar-refractivity contribution in [2.24, 2.45) is 7.05 Å². The van der Waals surface area contributed by atoms with Gasteiger partial charge in [-0.3, -0.25) is 0 Å². The van der Waals surface area contributed by atoms with E-state index in [1.165, 1.54) is 10.9 Å². The lowest BCUT2D eigenvalue weighted by molar-refractivity contribution is 0.478. The summed E-state index contributed by atoms with van der Waals surface area (Å²) >= 11 is 0. The Morgan fingerprint density at radius 3 is 2.79 bits per heavy atom. The standard InChI is InChI=1S/C19H20N8O/c1-25-19(28)27(15-7-3-2-4-8-15)17(24-25)13-6-5-9-26(12-13)18-22-11-14(10-20)16(21)23-18/h2-4,7-8,11,13H,5-6,9,12H2,1H3,(H2,21,22,23)/t13-/m0/s1. The summed E-state index contributed by atoms with van der Waals surface area (Å²) in [5.41, 5.74) is 6.74. The van der Waals surface area contributed by atoms with Crippen LogP contribution in [0.4, 0.5) is 11.8 Å². The fourth-order valence-electron chi connectivity index (χ4n) is 3.56. The third-order valence-electron chi connectivity index (χ3n) is 4.96. The second-order valence-corrected chi connectivity index (χ2v) is 6.80. The zero-order valence-electron chi connectivity index (χ0n) is 15.5. The number of nitrogens with zero attached hydrogens (tertiary/aromatic N) is 7. The van der Waals surface area contributed by atoms with E-state index in [1.54, 1.807) is 11.6 Å². The highest BCUT2D eigenvalue weighted by Crippen LogP contribution is 2.28. The molecular weight excluding hydrogens is 356 g/mol. The number of para-hydroxylation sites is 1. The molecule has 1 aliphatic heterocycles. The summed E-state index contributed by atoms with van der Waals surface area (Å²) in [5, 5.41) is 13.5. The molecule has 0 amide bonds. The van der Waals surface area contributed by atoms with Crippen LogP contribution in [-0.4, -0.2) is 37.4 Å². The molecule has 1 saturated heterocycles. The first-order valence-electron chi connectivity index (χ1n) is 9.07. The molecule has 3 heterocycles. The number of nitriles is 1. The predicted octanol–water partition coefficient (Wildman–Crippen LogP) is 1.20. The second-order valence-electron chi connectivity index (χ2n) is 6.80. The van der Waals surface area contributed by atoms with Crippen molar-refractivity contribution in [3.63, 3.8) is 0 Å². The second kappa shape index (κ2) is 7.15. The van der Waals surface area contributed by atoms with Gasteiger partial charge in [-0.1, -0.05) is 18.2 Å². The molecule has 142 valence electrons. The zero-order chi connectivity index (χ0) is 19.7. The van der Waals surface area contributed by atoms with E-state index in [4.69, 9.17) is 11.0 Å². The molecule has 1 aliphatic rings. The summed E-state index contributed by atoms with van der Waals surface area (Å²) in [6.45, 7) is 1.40. The molecule has 1 aromatic carbocycles. The highest BCUT2D eigenvalue weighted by Gasteiger charge is 2.29. The monoisotopic (exact) mass is 376 g/mol. The van der Waals surface area contributed by atoms with E-state index < -0.39 is 0 Å². The molecule has 0 spiro atoms. The molecule has 1 fully saturated rings. The molecule has 0 aliphatic carbocycles. The molecular formula is C19H20N8O. The van der Waals surface area contributed by atoms with Crippen molar-refractivity contribution in [3.8, 4) is 11.8 Å². The van der Waals surface area contributed by atoms with Crippen LogP contribution >= 0.6 is 0 Å². The Labute approximate surface area is 161 Å². The van der Waals surface area contributed by atoms with Crippen LogP contribution in [0.2, 0.25) is 0 Å². The van der Waals surface area contributed by atoms with Crippen LogP contribution in [0.5, 0.6) is 0 Å². The van der Waals surface area contributed by atoms with Crippen LogP contribution in [-0.2, 0) is 7.05 Å². The highest BCUT2D eigenvalue weighted by atomic mass is 16.2. The minimum Gasteiger partial charge on any atom is -0.382 e. The molecule has 28 heavy (non-hydrogen) atoms. The van der Waals surface area contributed by atoms with Gasteiger partial charge in [-0.2, -0.15) is 15.3 Å². The first-order chi connectivity index (χ1) is 13.6. The first kappa shape index (κ1) is 17.7. The largest absolute Gasteiger partial charge is 0.382 e. The molecule has 0 bridgehead atoms. The van der Waals surface area contributed by atoms with Gasteiger partial charge in [0.2, 0.25) is 5.95 Å². The third kappa shape index (κ3) is 3.09. The summed E-state index contributed by atoms with van der Waals surface area (Å²) < 4.78 is 3.04. The molecule has 0 unspecified atom stereocenters. The van der Waals surface area contributed by atoms with E-state index in [2.05, 4.69) is 15.1 Å². The fourth-order valence-corrected chi connectivity index (χ4v) is 3.56.